The SMILES string of the molecule is CC1CCc2nc3c(N)nc(-c4ccccc4)nc3nc2C1. The number of aromatic nitrogens is 4. The maximum absolute atomic E-state index is 6.10. The van der Waals surface area contributed by atoms with Crippen LogP contribution in [0.3, 0.4) is 0 Å². The molecular formula is C17H17N5. The number of anilines is 1. The van der Waals surface area contributed by atoms with E-state index in [-0.39, 0.29) is 0 Å². The molecule has 1 aliphatic rings. The van der Waals surface area contributed by atoms with Gasteiger partial charge in [0.1, 0.15) is 0 Å². The van der Waals surface area contributed by atoms with Crippen molar-refractivity contribution in [3.8, 4) is 11.4 Å². The van der Waals surface area contributed by atoms with Crippen molar-refractivity contribution in [2.45, 2.75) is 26.2 Å². The highest BCUT2D eigenvalue weighted by Gasteiger charge is 2.20. The van der Waals surface area contributed by atoms with E-state index in [9.17, 15) is 0 Å². The Morgan fingerprint density at radius 3 is 2.64 bits per heavy atom. The average molecular weight is 291 g/mol. The van der Waals surface area contributed by atoms with E-state index in [1.807, 2.05) is 30.3 Å². The van der Waals surface area contributed by atoms with Crippen LogP contribution < -0.4 is 5.73 Å². The van der Waals surface area contributed by atoms with E-state index >= 15 is 0 Å². The van der Waals surface area contributed by atoms with Gasteiger partial charge in [-0.05, 0) is 25.2 Å². The van der Waals surface area contributed by atoms with Crippen LogP contribution in [0.2, 0.25) is 0 Å². The van der Waals surface area contributed by atoms with E-state index in [4.69, 9.17) is 10.7 Å². The van der Waals surface area contributed by atoms with Crippen molar-refractivity contribution in [2.24, 2.45) is 5.92 Å². The molecular weight excluding hydrogens is 274 g/mol. The summed E-state index contributed by atoms with van der Waals surface area (Å²) in [6, 6.07) is 9.81. The molecule has 2 N–H and O–H groups in total. The Morgan fingerprint density at radius 2 is 1.82 bits per heavy atom. The number of hydrogen-bond donors (Lipinski definition) is 1. The van der Waals surface area contributed by atoms with Crippen LogP contribution in [-0.4, -0.2) is 19.9 Å². The molecule has 0 saturated carbocycles. The monoisotopic (exact) mass is 291 g/mol. The summed E-state index contributed by atoms with van der Waals surface area (Å²) >= 11 is 0. The number of fused-ring (bicyclic) bond motifs is 2. The van der Waals surface area contributed by atoms with Gasteiger partial charge < -0.3 is 5.73 Å². The minimum Gasteiger partial charge on any atom is -0.382 e. The van der Waals surface area contributed by atoms with Crippen LogP contribution in [0.1, 0.15) is 24.7 Å². The van der Waals surface area contributed by atoms with E-state index in [0.29, 0.717) is 28.7 Å². The van der Waals surface area contributed by atoms with Crippen molar-refractivity contribution in [2.75, 3.05) is 5.73 Å². The fraction of sp³-hybridized carbons (Fsp3) is 0.294. The predicted molar refractivity (Wildman–Crippen MR) is 86.2 cm³/mol. The fourth-order valence-corrected chi connectivity index (χ4v) is 2.93. The standard InChI is InChI=1S/C17H17N5/c1-10-7-8-12-13(9-10)20-17-14(19-12)15(18)21-16(22-17)11-5-3-2-4-6-11/h2-6,10H,7-9H2,1H3,(H2,18,20,21,22). The zero-order chi connectivity index (χ0) is 15.1. The van der Waals surface area contributed by atoms with Gasteiger partial charge >= 0.3 is 0 Å². The fourth-order valence-electron chi connectivity index (χ4n) is 2.93. The lowest BCUT2D eigenvalue weighted by molar-refractivity contribution is 0.486. The number of nitrogens with zero attached hydrogens (tertiary/aromatic N) is 4. The van der Waals surface area contributed by atoms with Gasteiger partial charge in [-0.1, -0.05) is 37.3 Å². The molecule has 0 amide bonds. The summed E-state index contributed by atoms with van der Waals surface area (Å²) in [4.78, 5) is 18.4. The number of benzene rings is 1. The van der Waals surface area contributed by atoms with Gasteiger partial charge in [-0.25, -0.2) is 19.9 Å². The third kappa shape index (κ3) is 2.19. The number of hydrogen-bond acceptors (Lipinski definition) is 5. The summed E-state index contributed by atoms with van der Waals surface area (Å²) in [5.74, 6) is 1.65. The van der Waals surface area contributed by atoms with Crippen LogP contribution >= 0.6 is 0 Å². The molecule has 0 saturated heterocycles. The van der Waals surface area contributed by atoms with Crippen molar-refractivity contribution in [1.29, 1.82) is 0 Å². The highest BCUT2D eigenvalue weighted by Crippen LogP contribution is 2.26. The molecule has 1 aromatic carbocycles. The quantitative estimate of drug-likeness (QED) is 0.746. The molecule has 2 aromatic heterocycles. The Bertz CT molecular complexity index is 845. The van der Waals surface area contributed by atoms with E-state index < -0.39 is 0 Å². The van der Waals surface area contributed by atoms with Crippen molar-refractivity contribution < 1.29 is 0 Å². The van der Waals surface area contributed by atoms with Crippen molar-refractivity contribution in [1.82, 2.24) is 19.9 Å². The maximum atomic E-state index is 6.10. The minimum absolute atomic E-state index is 0.401. The van der Waals surface area contributed by atoms with Gasteiger partial charge in [0.2, 0.25) is 0 Å². The van der Waals surface area contributed by atoms with Gasteiger partial charge in [-0.2, -0.15) is 0 Å². The smallest absolute Gasteiger partial charge is 0.184 e. The summed E-state index contributed by atoms with van der Waals surface area (Å²) in [5.41, 5.74) is 10.4. The highest BCUT2D eigenvalue weighted by atomic mass is 15.0. The van der Waals surface area contributed by atoms with Crippen molar-refractivity contribution in [3.63, 3.8) is 0 Å². The molecule has 0 radical (unpaired) electrons. The summed E-state index contributed by atoms with van der Waals surface area (Å²) < 4.78 is 0. The number of nitrogen functional groups attached to an aromatic ring is 1. The van der Waals surface area contributed by atoms with Gasteiger partial charge in [0.15, 0.2) is 22.8 Å². The molecule has 2 heterocycles. The predicted octanol–water partition coefficient (Wildman–Crippen LogP) is 2.79. The summed E-state index contributed by atoms with van der Waals surface area (Å²) in [7, 11) is 0. The second-order valence-corrected chi connectivity index (χ2v) is 5.94. The first-order valence-electron chi connectivity index (χ1n) is 7.59. The minimum atomic E-state index is 0.401. The third-order valence-corrected chi connectivity index (χ3v) is 4.16. The second-order valence-electron chi connectivity index (χ2n) is 5.94. The normalized spacial score (nSPS) is 17.4. The largest absolute Gasteiger partial charge is 0.382 e. The van der Waals surface area contributed by atoms with Crippen LogP contribution in [0.15, 0.2) is 30.3 Å². The highest BCUT2D eigenvalue weighted by molar-refractivity contribution is 5.83. The van der Waals surface area contributed by atoms with Gasteiger partial charge in [-0.3, -0.25) is 0 Å². The number of aryl methyl sites for hydroxylation is 1. The Kier molecular flexibility index (Phi) is 2.99. The van der Waals surface area contributed by atoms with Crippen LogP contribution in [0, 0.1) is 5.92 Å². The second kappa shape index (κ2) is 5.02. The topological polar surface area (TPSA) is 77.6 Å². The molecule has 22 heavy (non-hydrogen) atoms. The van der Waals surface area contributed by atoms with E-state index in [0.717, 1.165) is 36.2 Å². The van der Waals surface area contributed by atoms with E-state index in [1.54, 1.807) is 0 Å². The van der Waals surface area contributed by atoms with Gasteiger partial charge in [0.25, 0.3) is 0 Å². The Balaban J connectivity index is 1.90. The molecule has 1 unspecified atom stereocenters. The molecule has 0 aliphatic heterocycles. The first-order chi connectivity index (χ1) is 10.7. The molecule has 4 rings (SSSR count). The van der Waals surface area contributed by atoms with Crippen LogP contribution in [0.5, 0.6) is 0 Å². The van der Waals surface area contributed by atoms with Gasteiger partial charge in [0.05, 0.1) is 11.4 Å². The molecule has 0 spiro atoms. The van der Waals surface area contributed by atoms with E-state index in [1.165, 1.54) is 0 Å². The third-order valence-electron chi connectivity index (χ3n) is 4.16. The van der Waals surface area contributed by atoms with Crippen LogP contribution in [-0.2, 0) is 12.8 Å². The molecule has 1 atom stereocenters. The van der Waals surface area contributed by atoms with E-state index in [2.05, 4.69) is 21.9 Å². The lowest BCUT2D eigenvalue weighted by Crippen LogP contribution is -2.16. The molecule has 5 heteroatoms. The molecule has 0 bridgehead atoms. The molecule has 0 fully saturated rings. The Morgan fingerprint density at radius 1 is 1.00 bits per heavy atom. The summed E-state index contributed by atoms with van der Waals surface area (Å²) in [6.45, 7) is 2.25. The summed E-state index contributed by atoms with van der Waals surface area (Å²) in [5, 5.41) is 0. The zero-order valence-corrected chi connectivity index (χ0v) is 12.5. The number of rotatable bonds is 1. The molecule has 5 nitrogen and oxygen atoms in total. The summed E-state index contributed by atoms with van der Waals surface area (Å²) in [6.07, 6.45) is 3.07. The molecule has 1 aliphatic carbocycles. The Hall–Kier alpha value is -2.56. The first-order valence-corrected chi connectivity index (χ1v) is 7.59. The van der Waals surface area contributed by atoms with Gasteiger partial charge in [0, 0.05) is 5.56 Å². The lowest BCUT2D eigenvalue weighted by atomic mass is 9.91. The Labute approximate surface area is 128 Å². The molecule has 110 valence electrons. The lowest BCUT2D eigenvalue weighted by Gasteiger charge is -2.20. The maximum Gasteiger partial charge on any atom is 0.184 e. The van der Waals surface area contributed by atoms with Gasteiger partial charge in [-0.15, -0.1) is 0 Å². The van der Waals surface area contributed by atoms with Crippen molar-refractivity contribution >= 4 is 17.0 Å². The number of nitrogens with two attached hydrogens (primary N) is 1. The molecule has 3 aromatic rings. The van der Waals surface area contributed by atoms with Crippen LogP contribution in [0.25, 0.3) is 22.6 Å². The van der Waals surface area contributed by atoms with Crippen LogP contribution in [0.4, 0.5) is 5.82 Å². The van der Waals surface area contributed by atoms with Crippen molar-refractivity contribution in [3.05, 3.63) is 41.7 Å². The zero-order valence-electron chi connectivity index (χ0n) is 12.5. The first kappa shape index (κ1) is 13.1. The average Bonchev–Trinajstić information content (AvgIpc) is 2.54.